The fourth-order valence-electron chi connectivity index (χ4n) is 2.02. The van der Waals surface area contributed by atoms with E-state index < -0.39 is 9.84 Å². The number of halogens is 1. The van der Waals surface area contributed by atoms with Crippen LogP contribution in [0.3, 0.4) is 0 Å². The topological polar surface area (TPSA) is 85.1 Å². The first-order valence-electron chi connectivity index (χ1n) is 5.76. The van der Waals surface area contributed by atoms with Crippen LogP contribution in [-0.2, 0) is 9.84 Å². The van der Waals surface area contributed by atoms with E-state index in [1.54, 1.807) is 6.20 Å². The Morgan fingerprint density at radius 3 is 2.94 bits per heavy atom. The van der Waals surface area contributed by atoms with Gasteiger partial charge in [0.1, 0.15) is 5.82 Å². The number of sulfone groups is 1. The first-order valence-corrected chi connectivity index (χ1v) is 8.38. The van der Waals surface area contributed by atoms with Gasteiger partial charge in [0.2, 0.25) is 0 Å². The maximum Gasteiger partial charge on any atom is 0.152 e. The highest BCUT2D eigenvalue weighted by atomic mass is 79.9. The summed E-state index contributed by atoms with van der Waals surface area (Å²) in [5.74, 6) is 1.12. The summed E-state index contributed by atoms with van der Waals surface area (Å²) in [6.07, 6.45) is 3.13. The van der Waals surface area contributed by atoms with E-state index in [1.807, 2.05) is 6.92 Å². The lowest BCUT2D eigenvalue weighted by Gasteiger charge is -2.24. The Kier molecular flexibility index (Phi) is 3.82. The van der Waals surface area contributed by atoms with Crippen molar-refractivity contribution in [3.63, 3.8) is 0 Å². The molecule has 0 saturated carbocycles. The number of hydrogen-bond donors (Lipinski definition) is 2. The van der Waals surface area contributed by atoms with Gasteiger partial charge in [-0.3, -0.25) is 0 Å². The standard InChI is InChI=1S/C11H16BrN3O2S/c1-7-9(13)5-14-11(10(7)12)15-8-3-2-4-18(16,17)6-8/h5,8H,2-4,6,13H2,1H3,(H,14,15). The summed E-state index contributed by atoms with van der Waals surface area (Å²) < 4.78 is 23.9. The lowest BCUT2D eigenvalue weighted by atomic mass is 10.2. The van der Waals surface area contributed by atoms with Gasteiger partial charge in [-0.25, -0.2) is 13.4 Å². The number of nitrogens with zero attached hydrogens (tertiary/aromatic N) is 1. The summed E-state index contributed by atoms with van der Waals surface area (Å²) in [5, 5.41) is 3.18. The molecule has 100 valence electrons. The van der Waals surface area contributed by atoms with Gasteiger partial charge in [0.15, 0.2) is 9.84 Å². The van der Waals surface area contributed by atoms with Crippen molar-refractivity contribution in [2.45, 2.75) is 25.8 Å². The van der Waals surface area contributed by atoms with Crippen LogP contribution >= 0.6 is 15.9 Å². The highest BCUT2D eigenvalue weighted by Crippen LogP contribution is 2.29. The Labute approximate surface area is 115 Å². The number of hydrogen-bond acceptors (Lipinski definition) is 5. The van der Waals surface area contributed by atoms with E-state index in [1.165, 1.54) is 0 Å². The van der Waals surface area contributed by atoms with Gasteiger partial charge in [-0.2, -0.15) is 0 Å². The summed E-state index contributed by atoms with van der Waals surface area (Å²) in [4.78, 5) is 4.20. The van der Waals surface area contributed by atoms with Gasteiger partial charge in [-0.1, -0.05) is 0 Å². The molecule has 2 heterocycles. The van der Waals surface area contributed by atoms with E-state index in [-0.39, 0.29) is 11.8 Å². The van der Waals surface area contributed by atoms with Crippen LogP contribution in [0.4, 0.5) is 11.5 Å². The van der Waals surface area contributed by atoms with Crippen molar-refractivity contribution in [3.05, 3.63) is 16.2 Å². The second-order valence-corrected chi connectivity index (χ2v) is 7.62. The summed E-state index contributed by atoms with van der Waals surface area (Å²) >= 11 is 3.43. The molecule has 2 rings (SSSR count). The molecule has 0 spiro atoms. The summed E-state index contributed by atoms with van der Waals surface area (Å²) in [7, 11) is -2.91. The van der Waals surface area contributed by atoms with Gasteiger partial charge in [0, 0.05) is 6.04 Å². The maximum atomic E-state index is 11.6. The highest BCUT2D eigenvalue weighted by molar-refractivity contribution is 9.10. The van der Waals surface area contributed by atoms with Gasteiger partial charge in [-0.15, -0.1) is 0 Å². The van der Waals surface area contributed by atoms with Crippen molar-refractivity contribution < 1.29 is 8.42 Å². The second-order valence-electron chi connectivity index (χ2n) is 4.60. The first-order chi connectivity index (χ1) is 8.39. The summed E-state index contributed by atoms with van der Waals surface area (Å²) in [6, 6.07) is -0.0735. The van der Waals surface area contributed by atoms with E-state index in [9.17, 15) is 8.42 Å². The molecule has 1 aromatic heterocycles. The summed E-state index contributed by atoms with van der Waals surface area (Å²) in [5.41, 5.74) is 7.27. The van der Waals surface area contributed by atoms with Gasteiger partial charge in [0.25, 0.3) is 0 Å². The highest BCUT2D eigenvalue weighted by Gasteiger charge is 2.25. The number of anilines is 2. The molecule has 1 aliphatic rings. The monoisotopic (exact) mass is 333 g/mol. The Morgan fingerprint density at radius 1 is 1.56 bits per heavy atom. The first kappa shape index (κ1) is 13.6. The van der Waals surface area contributed by atoms with Crippen molar-refractivity contribution >= 4 is 37.3 Å². The number of aromatic nitrogens is 1. The second kappa shape index (κ2) is 5.05. The van der Waals surface area contributed by atoms with E-state index >= 15 is 0 Å². The minimum Gasteiger partial charge on any atom is -0.397 e. The third kappa shape index (κ3) is 2.95. The molecule has 1 aromatic rings. The molecule has 1 fully saturated rings. The van der Waals surface area contributed by atoms with Crippen LogP contribution in [0.15, 0.2) is 10.7 Å². The third-order valence-electron chi connectivity index (χ3n) is 3.11. The fraction of sp³-hybridized carbons (Fsp3) is 0.545. The Bertz CT molecular complexity index is 560. The van der Waals surface area contributed by atoms with Crippen LogP contribution in [0.5, 0.6) is 0 Å². The van der Waals surface area contributed by atoms with Gasteiger partial charge < -0.3 is 11.1 Å². The van der Waals surface area contributed by atoms with Crippen LogP contribution in [0, 0.1) is 6.92 Å². The molecule has 1 saturated heterocycles. The van der Waals surface area contributed by atoms with Crippen molar-refractivity contribution in [3.8, 4) is 0 Å². The molecular formula is C11H16BrN3O2S. The Morgan fingerprint density at radius 2 is 2.28 bits per heavy atom. The zero-order valence-electron chi connectivity index (χ0n) is 10.1. The summed E-state index contributed by atoms with van der Waals surface area (Å²) in [6.45, 7) is 1.89. The molecule has 1 unspecified atom stereocenters. The molecule has 1 atom stereocenters. The molecule has 18 heavy (non-hydrogen) atoms. The SMILES string of the molecule is Cc1c(N)cnc(NC2CCCS(=O)(=O)C2)c1Br. The molecule has 1 aliphatic heterocycles. The number of nitrogens with two attached hydrogens (primary N) is 1. The zero-order chi connectivity index (χ0) is 13.3. The number of nitrogen functional groups attached to an aromatic ring is 1. The van der Waals surface area contributed by atoms with Crippen molar-refractivity contribution in [1.29, 1.82) is 0 Å². The van der Waals surface area contributed by atoms with Crippen LogP contribution in [0.2, 0.25) is 0 Å². The molecule has 7 heteroatoms. The zero-order valence-corrected chi connectivity index (χ0v) is 12.5. The van der Waals surface area contributed by atoms with Crippen LogP contribution in [-0.4, -0.2) is 30.9 Å². The van der Waals surface area contributed by atoms with E-state index in [4.69, 9.17) is 5.73 Å². The average molecular weight is 334 g/mol. The normalized spacial score (nSPS) is 22.7. The average Bonchev–Trinajstić information content (AvgIpc) is 2.29. The van der Waals surface area contributed by atoms with Crippen LogP contribution < -0.4 is 11.1 Å². The number of pyridine rings is 1. The minimum absolute atomic E-state index is 0.0735. The van der Waals surface area contributed by atoms with Crippen molar-refractivity contribution in [1.82, 2.24) is 4.98 Å². The van der Waals surface area contributed by atoms with Gasteiger partial charge in [0.05, 0.1) is 27.9 Å². The fourth-order valence-corrected chi connectivity index (χ4v) is 4.10. The van der Waals surface area contributed by atoms with E-state index in [0.717, 1.165) is 16.5 Å². The minimum atomic E-state index is -2.91. The molecule has 5 nitrogen and oxygen atoms in total. The number of nitrogens with one attached hydrogen (secondary N) is 1. The van der Waals surface area contributed by atoms with Crippen molar-refractivity contribution in [2.75, 3.05) is 22.6 Å². The molecule has 0 bridgehead atoms. The lowest BCUT2D eigenvalue weighted by Crippen LogP contribution is -2.35. The Hall–Kier alpha value is -0.820. The molecule has 0 aliphatic carbocycles. The molecule has 3 N–H and O–H groups in total. The van der Waals surface area contributed by atoms with Crippen LogP contribution in [0.25, 0.3) is 0 Å². The third-order valence-corrected chi connectivity index (χ3v) is 5.90. The molecule has 0 radical (unpaired) electrons. The molecule has 0 amide bonds. The predicted octanol–water partition coefficient (Wildman–Crippen LogP) is 1.72. The largest absolute Gasteiger partial charge is 0.397 e. The lowest BCUT2D eigenvalue weighted by molar-refractivity contribution is 0.561. The maximum absolute atomic E-state index is 11.6. The number of rotatable bonds is 2. The predicted molar refractivity (Wildman–Crippen MR) is 76.4 cm³/mol. The Balaban J connectivity index is 2.17. The van der Waals surface area contributed by atoms with Gasteiger partial charge in [-0.05, 0) is 41.3 Å². The van der Waals surface area contributed by atoms with E-state index in [2.05, 4.69) is 26.2 Å². The molecular weight excluding hydrogens is 318 g/mol. The van der Waals surface area contributed by atoms with Crippen LogP contribution in [0.1, 0.15) is 18.4 Å². The van der Waals surface area contributed by atoms with Gasteiger partial charge >= 0.3 is 0 Å². The smallest absolute Gasteiger partial charge is 0.152 e. The van der Waals surface area contributed by atoms with Crippen molar-refractivity contribution in [2.24, 2.45) is 0 Å². The quantitative estimate of drug-likeness (QED) is 0.860. The van der Waals surface area contributed by atoms with E-state index in [0.29, 0.717) is 23.7 Å². The molecule has 0 aromatic carbocycles.